The highest BCUT2D eigenvalue weighted by molar-refractivity contribution is 5.93. The van der Waals surface area contributed by atoms with Gasteiger partial charge in [0.25, 0.3) is 0 Å². The Morgan fingerprint density at radius 2 is 1.05 bits per heavy atom. The van der Waals surface area contributed by atoms with E-state index in [0.717, 1.165) is 11.8 Å². The lowest BCUT2D eigenvalue weighted by molar-refractivity contribution is 0.0426. The first-order chi connectivity index (χ1) is 29.5. The van der Waals surface area contributed by atoms with E-state index < -0.39 is 0 Å². The molecule has 1 heteroatoms. The Labute approximate surface area is 357 Å². The third-order valence-corrected chi connectivity index (χ3v) is 16.2. The van der Waals surface area contributed by atoms with Crippen molar-refractivity contribution in [2.24, 2.45) is 23.7 Å². The van der Waals surface area contributed by atoms with Gasteiger partial charge in [0.15, 0.2) is 0 Å². The summed E-state index contributed by atoms with van der Waals surface area (Å²) >= 11 is 0. The summed E-state index contributed by atoms with van der Waals surface area (Å²) in [5, 5.41) is 0. The summed E-state index contributed by atoms with van der Waals surface area (Å²) in [5.74, 6) is 3.00. The van der Waals surface area contributed by atoms with Crippen LogP contribution in [0.4, 0.5) is 17.1 Å². The number of nitrogens with zero attached hydrogens (tertiary/aromatic N) is 1. The van der Waals surface area contributed by atoms with Gasteiger partial charge in [-0.25, -0.2) is 0 Å². The molecule has 7 aromatic carbocycles. The first-order valence-electron chi connectivity index (χ1n) is 23.1. The molecule has 12 rings (SSSR count). The summed E-state index contributed by atoms with van der Waals surface area (Å²) < 4.78 is 0. The number of hydrogen-bond donors (Lipinski definition) is 0. The quantitative estimate of drug-likeness (QED) is 0.168. The molecule has 3 saturated carbocycles. The van der Waals surface area contributed by atoms with E-state index in [0.29, 0.717) is 11.8 Å². The van der Waals surface area contributed by atoms with Gasteiger partial charge >= 0.3 is 0 Å². The molecule has 0 saturated heterocycles. The van der Waals surface area contributed by atoms with Gasteiger partial charge in [-0.1, -0.05) is 161 Å². The lowest BCUT2D eigenvalue weighted by Gasteiger charge is -2.54. The minimum absolute atomic E-state index is 0.0816. The molecule has 0 N–H and O–H groups in total. The number of fused-ring (bicyclic) bond motifs is 13. The van der Waals surface area contributed by atoms with Crippen molar-refractivity contribution in [1.82, 2.24) is 0 Å². The van der Waals surface area contributed by atoms with Gasteiger partial charge in [0.2, 0.25) is 0 Å². The van der Waals surface area contributed by atoms with E-state index in [-0.39, 0.29) is 10.8 Å². The predicted molar refractivity (Wildman–Crippen MR) is 251 cm³/mol. The Bertz CT molecular complexity index is 2750. The van der Waals surface area contributed by atoms with Gasteiger partial charge in [-0.15, -0.1) is 0 Å². The van der Waals surface area contributed by atoms with Crippen molar-refractivity contribution in [3.05, 3.63) is 186 Å². The van der Waals surface area contributed by atoms with Crippen LogP contribution >= 0.6 is 0 Å². The third-order valence-electron chi connectivity index (χ3n) is 16.2. The minimum Gasteiger partial charge on any atom is -0.310 e. The summed E-state index contributed by atoms with van der Waals surface area (Å²) in [6, 6.07) is 63.0. The summed E-state index contributed by atoms with van der Waals surface area (Å²) in [4.78, 5) is 2.55. The van der Waals surface area contributed by atoms with Crippen LogP contribution < -0.4 is 4.90 Å². The molecule has 1 unspecified atom stereocenters. The van der Waals surface area contributed by atoms with Crippen LogP contribution in [0.25, 0.3) is 44.5 Å². The zero-order valence-electron chi connectivity index (χ0n) is 35.2. The van der Waals surface area contributed by atoms with Crippen molar-refractivity contribution in [3.63, 3.8) is 0 Å². The highest BCUT2D eigenvalue weighted by atomic mass is 15.1. The Hall–Kier alpha value is -5.66. The molecule has 296 valence electrons. The molecular weight excluding hydrogens is 723 g/mol. The fourth-order valence-corrected chi connectivity index (χ4v) is 13.9. The molecule has 3 fully saturated rings. The maximum atomic E-state index is 2.58. The van der Waals surface area contributed by atoms with Crippen LogP contribution in [0.1, 0.15) is 93.9 Å². The SMILES string of the molecule is C[C@@H]1CC2C[C@H](C1)[C@@]1(c3ccccc3-c3cc(-c4ccccc4N(c4ccc(-c5ccccc5)cc4)c4ccc5c(c4)C4(CCCCC4)c4ccccc4-5)ccc31)[C@@H](C)C2. The third kappa shape index (κ3) is 5.30. The van der Waals surface area contributed by atoms with Gasteiger partial charge in [-0.3, -0.25) is 0 Å². The Kier molecular flexibility index (Phi) is 8.42. The second-order valence-electron chi connectivity index (χ2n) is 19.4. The molecular formula is C59H55N. The molecule has 0 amide bonds. The van der Waals surface area contributed by atoms with E-state index in [4.69, 9.17) is 0 Å². The van der Waals surface area contributed by atoms with E-state index >= 15 is 0 Å². The summed E-state index contributed by atoms with van der Waals surface area (Å²) in [7, 11) is 0. The first-order valence-corrected chi connectivity index (χ1v) is 23.1. The molecule has 1 nitrogen and oxygen atoms in total. The Morgan fingerprint density at radius 3 is 1.85 bits per heavy atom. The number of rotatable bonds is 5. The number of para-hydroxylation sites is 1. The minimum atomic E-state index is 0.0816. The van der Waals surface area contributed by atoms with Crippen LogP contribution in [0.15, 0.2) is 164 Å². The number of benzene rings is 7. The summed E-state index contributed by atoms with van der Waals surface area (Å²) in [5.41, 5.74) is 20.8. The molecule has 2 bridgehead atoms. The van der Waals surface area contributed by atoms with Crippen LogP contribution in [0, 0.1) is 23.7 Å². The zero-order chi connectivity index (χ0) is 40.0. The Balaban J connectivity index is 1.03. The standard InChI is InChI=1S/C59H55N/c1-39-33-41-35-40(2)59(45(34-39)36-41)54-21-11-8-19-50(54)52-37-44(25-30-55(52)59)48-17-9-12-22-57(48)60(46-26-23-43(24-27-46)42-15-5-3-6-16-42)47-28-29-51-49-18-7-10-20-53(49)58(56(51)38-47)31-13-4-14-32-58/h3,5-12,15-30,37-41,45H,4,13-14,31-36H2,1-2H3/t39-,40+,41?,45+,59-/m1/s1. The monoisotopic (exact) mass is 777 g/mol. The van der Waals surface area contributed by atoms with E-state index in [1.54, 1.807) is 11.1 Å². The fraction of sp³-hybridized carbons (Fsp3) is 0.288. The van der Waals surface area contributed by atoms with Crippen molar-refractivity contribution in [3.8, 4) is 44.5 Å². The molecule has 2 spiro atoms. The summed E-state index contributed by atoms with van der Waals surface area (Å²) in [6.07, 6.45) is 11.8. The Morgan fingerprint density at radius 1 is 0.433 bits per heavy atom. The maximum absolute atomic E-state index is 2.58. The lowest BCUT2D eigenvalue weighted by Crippen LogP contribution is -2.49. The van der Waals surface area contributed by atoms with E-state index in [2.05, 4.69) is 183 Å². The molecule has 60 heavy (non-hydrogen) atoms. The predicted octanol–water partition coefficient (Wildman–Crippen LogP) is 16.1. The van der Waals surface area contributed by atoms with Crippen molar-refractivity contribution in [1.29, 1.82) is 0 Å². The second kappa shape index (κ2) is 14.0. The van der Waals surface area contributed by atoms with E-state index in [1.807, 2.05) is 0 Å². The summed E-state index contributed by atoms with van der Waals surface area (Å²) in [6.45, 7) is 5.10. The fourth-order valence-electron chi connectivity index (χ4n) is 13.9. The van der Waals surface area contributed by atoms with Crippen LogP contribution in [-0.2, 0) is 10.8 Å². The van der Waals surface area contributed by atoms with E-state index in [9.17, 15) is 0 Å². The molecule has 7 aromatic rings. The largest absolute Gasteiger partial charge is 0.310 e. The van der Waals surface area contributed by atoms with Crippen molar-refractivity contribution in [2.45, 2.75) is 82.5 Å². The average Bonchev–Trinajstić information content (AvgIpc) is 3.73. The number of hydrogen-bond acceptors (Lipinski definition) is 1. The molecule has 0 heterocycles. The molecule has 0 radical (unpaired) electrons. The molecule has 5 atom stereocenters. The second-order valence-corrected chi connectivity index (χ2v) is 19.4. The van der Waals surface area contributed by atoms with Gasteiger partial charge in [0.05, 0.1) is 5.69 Å². The molecule has 0 aliphatic heterocycles. The lowest BCUT2D eigenvalue weighted by atomic mass is 9.49. The van der Waals surface area contributed by atoms with Gasteiger partial charge in [-0.05, 0) is 160 Å². The average molecular weight is 778 g/mol. The smallest absolute Gasteiger partial charge is 0.0540 e. The van der Waals surface area contributed by atoms with Crippen molar-refractivity contribution < 1.29 is 0 Å². The maximum Gasteiger partial charge on any atom is 0.0540 e. The van der Waals surface area contributed by atoms with Gasteiger partial charge in [-0.2, -0.15) is 0 Å². The van der Waals surface area contributed by atoms with Crippen LogP contribution in [0.5, 0.6) is 0 Å². The molecule has 5 aliphatic carbocycles. The van der Waals surface area contributed by atoms with E-state index in [1.165, 1.54) is 130 Å². The van der Waals surface area contributed by atoms with Gasteiger partial charge in [0.1, 0.15) is 0 Å². The normalized spacial score (nSPS) is 24.1. The number of anilines is 3. The van der Waals surface area contributed by atoms with Crippen molar-refractivity contribution >= 4 is 17.1 Å². The van der Waals surface area contributed by atoms with Crippen LogP contribution in [0.3, 0.4) is 0 Å². The first kappa shape index (κ1) is 36.2. The highest BCUT2D eigenvalue weighted by Gasteiger charge is 2.56. The van der Waals surface area contributed by atoms with Gasteiger partial charge < -0.3 is 4.90 Å². The van der Waals surface area contributed by atoms with Crippen LogP contribution in [-0.4, -0.2) is 0 Å². The topological polar surface area (TPSA) is 3.24 Å². The van der Waals surface area contributed by atoms with Gasteiger partial charge in [0, 0.05) is 27.8 Å². The molecule has 0 aromatic heterocycles. The van der Waals surface area contributed by atoms with Crippen molar-refractivity contribution in [2.75, 3.05) is 4.90 Å². The zero-order valence-corrected chi connectivity index (χ0v) is 35.2. The van der Waals surface area contributed by atoms with Crippen LogP contribution in [0.2, 0.25) is 0 Å². The highest BCUT2D eigenvalue weighted by Crippen LogP contribution is 2.65. The molecule has 5 aliphatic rings.